The second-order valence-electron chi connectivity index (χ2n) is 7.36. The van der Waals surface area contributed by atoms with Crippen LogP contribution in [0.2, 0.25) is 0 Å². The Bertz CT molecular complexity index is 878. The molecule has 0 spiro atoms. The highest BCUT2D eigenvalue weighted by atomic mass is 16.6. The standard InChI is InChI=1S/C23H27NO6/c1-16(2)29-14-17-4-7-19(8-5-17)23(26)30-15-22(25)24(3)13-18-6-9-20-21(12-18)28-11-10-27-20/h4-9,12,16H,10-11,13-15H2,1-3H3. The number of esters is 1. The zero-order chi connectivity index (χ0) is 21.5. The van der Waals surface area contributed by atoms with Crippen molar-refractivity contribution in [2.24, 2.45) is 0 Å². The van der Waals surface area contributed by atoms with Gasteiger partial charge in [-0.05, 0) is 49.2 Å². The van der Waals surface area contributed by atoms with E-state index in [0.29, 0.717) is 43.4 Å². The van der Waals surface area contributed by atoms with Crippen LogP contribution in [0.4, 0.5) is 0 Å². The molecule has 0 atom stereocenters. The van der Waals surface area contributed by atoms with Crippen LogP contribution in [0.1, 0.15) is 35.3 Å². The van der Waals surface area contributed by atoms with Crippen molar-refractivity contribution in [2.75, 3.05) is 26.9 Å². The minimum atomic E-state index is -0.535. The molecule has 0 saturated heterocycles. The predicted octanol–water partition coefficient (Wildman–Crippen LogP) is 3.20. The van der Waals surface area contributed by atoms with Gasteiger partial charge in [0.05, 0.1) is 18.3 Å². The van der Waals surface area contributed by atoms with Gasteiger partial charge in [0.25, 0.3) is 5.91 Å². The number of amides is 1. The molecule has 0 unspecified atom stereocenters. The Hall–Kier alpha value is -3.06. The van der Waals surface area contributed by atoms with Gasteiger partial charge in [0.1, 0.15) is 13.2 Å². The third kappa shape index (κ3) is 5.97. The average molecular weight is 413 g/mol. The van der Waals surface area contributed by atoms with Gasteiger partial charge < -0.3 is 23.8 Å². The van der Waals surface area contributed by atoms with Crippen LogP contribution >= 0.6 is 0 Å². The molecule has 30 heavy (non-hydrogen) atoms. The van der Waals surface area contributed by atoms with Crippen LogP contribution in [-0.2, 0) is 27.4 Å². The predicted molar refractivity (Wildman–Crippen MR) is 111 cm³/mol. The maximum atomic E-state index is 12.4. The zero-order valence-electron chi connectivity index (χ0n) is 17.6. The van der Waals surface area contributed by atoms with Crippen LogP contribution in [0.5, 0.6) is 11.5 Å². The Morgan fingerprint density at radius 2 is 1.67 bits per heavy atom. The van der Waals surface area contributed by atoms with E-state index >= 15 is 0 Å². The zero-order valence-corrected chi connectivity index (χ0v) is 17.6. The van der Waals surface area contributed by atoms with Crippen LogP contribution in [0.15, 0.2) is 42.5 Å². The van der Waals surface area contributed by atoms with Crippen molar-refractivity contribution in [2.45, 2.75) is 33.1 Å². The largest absolute Gasteiger partial charge is 0.486 e. The fourth-order valence-corrected chi connectivity index (χ4v) is 2.87. The summed E-state index contributed by atoms with van der Waals surface area (Å²) in [6.45, 7) is 5.50. The molecule has 0 saturated carbocycles. The summed E-state index contributed by atoms with van der Waals surface area (Å²) >= 11 is 0. The number of benzene rings is 2. The summed E-state index contributed by atoms with van der Waals surface area (Å²) in [7, 11) is 1.66. The summed E-state index contributed by atoms with van der Waals surface area (Å²) in [4.78, 5) is 26.1. The van der Waals surface area contributed by atoms with E-state index in [9.17, 15) is 9.59 Å². The molecule has 3 rings (SSSR count). The van der Waals surface area contributed by atoms with Gasteiger partial charge in [0, 0.05) is 13.6 Å². The van der Waals surface area contributed by atoms with Crippen LogP contribution in [-0.4, -0.2) is 49.7 Å². The fraction of sp³-hybridized carbons (Fsp3) is 0.391. The van der Waals surface area contributed by atoms with Gasteiger partial charge in [-0.3, -0.25) is 4.79 Å². The maximum Gasteiger partial charge on any atom is 0.338 e. The highest BCUT2D eigenvalue weighted by Gasteiger charge is 2.16. The Morgan fingerprint density at radius 1 is 1.00 bits per heavy atom. The summed E-state index contributed by atoms with van der Waals surface area (Å²) in [6.07, 6.45) is 0.139. The molecule has 1 aliphatic heterocycles. The number of fused-ring (bicyclic) bond motifs is 1. The molecule has 0 radical (unpaired) electrons. The fourth-order valence-electron chi connectivity index (χ4n) is 2.87. The molecule has 0 fully saturated rings. The molecule has 2 aromatic carbocycles. The lowest BCUT2D eigenvalue weighted by Gasteiger charge is -2.21. The van der Waals surface area contributed by atoms with E-state index in [4.69, 9.17) is 18.9 Å². The molecule has 7 nitrogen and oxygen atoms in total. The maximum absolute atomic E-state index is 12.4. The minimum absolute atomic E-state index is 0.139. The van der Waals surface area contributed by atoms with Gasteiger partial charge in [0.15, 0.2) is 18.1 Å². The van der Waals surface area contributed by atoms with E-state index < -0.39 is 5.97 Å². The number of likely N-dealkylation sites (N-methyl/N-ethyl adjacent to an activating group) is 1. The van der Waals surface area contributed by atoms with Crippen LogP contribution in [0, 0.1) is 0 Å². The quantitative estimate of drug-likeness (QED) is 0.619. The molecule has 0 aliphatic carbocycles. The van der Waals surface area contributed by atoms with Gasteiger partial charge in [0.2, 0.25) is 0 Å². The van der Waals surface area contributed by atoms with Gasteiger partial charge >= 0.3 is 5.97 Å². The van der Waals surface area contributed by atoms with Crippen molar-refractivity contribution in [3.63, 3.8) is 0 Å². The third-order valence-corrected chi connectivity index (χ3v) is 4.55. The second-order valence-corrected chi connectivity index (χ2v) is 7.36. The van der Waals surface area contributed by atoms with Crippen molar-refractivity contribution >= 4 is 11.9 Å². The van der Waals surface area contributed by atoms with Crippen molar-refractivity contribution in [3.05, 3.63) is 59.2 Å². The van der Waals surface area contributed by atoms with Crippen molar-refractivity contribution < 1.29 is 28.5 Å². The lowest BCUT2D eigenvalue weighted by Crippen LogP contribution is -2.30. The number of hydrogen-bond acceptors (Lipinski definition) is 6. The Balaban J connectivity index is 1.48. The van der Waals surface area contributed by atoms with Crippen molar-refractivity contribution in [1.82, 2.24) is 4.90 Å². The number of hydrogen-bond donors (Lipinski definition) is 0. The summed E-state index contributed by atoms with van der Waals surface area (Å²) in [6, 6.07) is 12.5. The van der Waals surface area contributed by atoms with Gasteiger partial charge in [-0.1, -0.05) is 18.2 Å². The first-order valence-corrected chi connectivity index (χ1v) is 9.92. The summed E-state index contributed by atoms with van der Waals surface area (Å²) in [5.41, 5.74) is 2.27. The monoisotopic (exact) mass is 413 g/mol. The second kappa shape index (κ2) is 10.1. The van der Waals surface area contributed by atoms with Crippen LogP contribution in [0.25, 0.3) is 0 Å². The number of carbonyl (C=O) groups excluding carboxylic acids is 2. The molecular formula is C23H27NO6. The van der Waals surface area contributed by atoms with Gasteiger partial charge in [-0.15, -0.1) is 0 Å². The molecule has 2 aromatic rings. The highest BCUT2D eigenvalue weighted by Crippen LogP contribution is 2.31. The molecule has 1 aliphatic rings. The summed E-state index contributed by atoms with van der Waals surface area (Å²) < 4.78 is 21.8. The molecule has 7 heteroatoms. The number of rotatable bonds is 8. The van der Waals surface area contributed by atoms with E-state index in [1.54, 1.807) is 19.2 Å². The molecule has 0 N–H and O–H groups in total. The molecule has 0 bridgehead atoms. The molecular weight excluding hydrogens is 386 g/mol. The van der Waals surface area contributed by atoms with Crippen LogP contribution in [0.3, 0.4) is 0 Å². The molecule has 1 amide bonds. The Labute approximate surface area is 176 Å². The van der Waals surface area contributed by atoms with Crippen molar-refractivity contribution in [3.8, 4) is 11.5 Å². The smallest absolute Gasteiger partial charge is 0.338 e. The first-order valence-electron chi connectivity index (χ1n) is 9.92. The normalized spacial score (nSPS) is 12.5. The average Bonchev–Trinajstić information content (AvgIpc) is 2.76. The van der Waals surface area contributed by atoms with Gasteiger partial charge in [-0.25, -0.2) is 4.79 Å². The van der Waals surface area contributed by atoms with Crippen molar-refractivity contribution in [1.29, 1.82) is 0 Å². The van der Waals surface area contributed by atoms with Crippen LogP contribution < -0.4 is 9.47 Å². The van der Waals surface area contributed by atoms with E-state index in [1.807, 2.05) is 44.2 Å². The molecule has 1 heterocycles. The van der Waals surface area contributed by atoms with E-state index in [0.717, 1.165) is 11.1 Å². The van der Waals surface area contributed by atoms with E-state index in [1.165, 1.54) is 4.90 Å². The van der Waals surface area contributed by atoms with E-state index in [2.05, 4.69) is 0 Å². The minimum Gasteiger partial charge on any atom is -0.486 e. The number of carbonyl (C=O) groups is 2. The van der Waals surface area contributed by atoms with Gasteiger partial charge in [-0.2, -0.15) is 0 Å². The summed E-state index contributed by atoms with van der Waals surface area (Å²) in [5.74, 6) is 0.551. The SMILES string of the molecule is CC(C)OCc1ccc(C(=O)OCC(=O)N(C)Cc2ccc3c(c2)OCCO3)cc1. The lowest BCUT2D eigenvalue weighted by molar-refractivity contribution is -0.133. The first-order chi connectivity index (χ1) is 14.4. The topological polar surface area (TPSA) is 74.3 Å². The highest BCUT2D eigenvalue weighted by molar-refractivity contribution is 5.91. The third-order valence-electron chi connectivity index (χ3n) is 4.55. The Morgan fingerprint density at radius 3 is 2.37 bits per heavy atom. The first kappa shape index (κ1) is 21.6. The number of ether oxygens (including phenoxy) is 4. The summed E-state index contributed by atoms with van der Waals surface area (Å²) in [5, 5.41) is 0. The van der Waals surface area contributed by atoms with E-state index in [-0.39, 0.29) is 18.6 Å². The Kier molecular flexibility index (Phi) is 7.30. The molecule has 160 valence electrons. The lowest BCUT2D eigenvalue weighted by atomic mass is 10.1. The molecule has 0 aromatic heterocycles. The number of nitrogens with zero attached hydrogens (tertiary/aromatic N) is 1.